The molecule has 0 radical (unpaired) electrons. The van der Waals surface area contributed by atoms with Crippen molar-refractivity contribution in [1.82, 2.24) is 4.98 Å². The number of hydrogen-bond acceptors (Lipinski definition) is 4. The summed E-state index contributed by atoms with van der Waals surface area (Å²) in [6.45, 7) is 2.17. The van der Waals surface area contributed by atoms with Crippen molar-refractivity contribution in [3.63, 3.8) is 0 Å². The van der Waals surface area contributed by atoms with Crippen LogP contribution in [0.15, 0.2) is 47.3 Å². The minimum atomic E-state index is -0.234. The number of β-amino-alcohol motifs (C(OH)–C–C–N with tert-alkyl or cyclic N) is 1. The second-order valence-corrected chi connectivity index (χ2v) is 8.33. The Morgan fingerprint density at radius 3 is 2.66 bits per heavy atom. The molecule has 3 N–H and O–H groups in total. The molecule has 0 spiro atoms. The lowest BCUT2D eigenvalue weighted by molar-refractivity contribution is 0.154. The number of fused-ring (bicyclic) bond motifs is 2. The largest absolute Gasteiger partial charge is 0.391 e. The zero-order valence-electron chi connectivity index (χ0n) is 16.6. The van der Waals surface area contributed by atoms with Gasteiger partial charge in [0.15, 0.2) is 0 Å². The zero-order valence-corrected chi connectivity index (χ0v) is 16.6. The quantitative estimate of drug-likeness (QED) is 0.638. The van der Waals surface area contributed by atoms with Crippen LogP contribution in [0.4, 0.5) is 11.4 Å². The minimum Gasteiger partial charge on any atom is -0.391 e. The lowest BCUT2D eigenvalue weighted by Crippen LogP contribution is -2.38. The van der Waals surface area contributed by atoms with Crippen molar-refractivity contribution in [3.8, 4) is 0 Å². The normalized spacial score (nSPS) is 18.8. The van der Waals surface area contributed by atoms with E-state index in [0.717, 1.165) is 60.1 Å². The molecule has 5 heteroatoms. The predicted octanol–water partition coefficient (Wildman–Crippen LogP) is 3.59. The average molecular weight is 389 g/mol. The first-order valence-corrected chi connectivity index (χ1v) is 10.6. The number of aromatic amines is 1. The standard InChI is InChI=1S/C24H27N3O2/c28-22-5-2-10-27(15-22)21-8-6-20(7-9-21)25-14-19-12-18-11-16-3-1-4-17(16)13-23(18)26-24(19)29/h6-9,11-13,22,25,28H,1-5,10,14-15H2,(H,26,29)/t22-/m1/s1. The number of aliphatic hydroxyl groups is 1. The third kappa shape index (κ3) is 3.75. The molecule has 1 saturated heterocycles. The maximum absolute atomic E-state index is 12.5. The van der Waals surface area contributed by atoms with Gasteiger partial charge in [-0.15, -0.1) is 0 Å². The molecule has 2 aromatic carbocycles. The molecule has 1 atom stereocenters. The van der Waals surface area contributed by atoms with Crippen LogP contribution in [0.1, 0.15) is 36.0 Å². The molecule has 2 aliphatic rings. The number of anilines is 2. The molecule has 0 bridgehead atoms. The van der Waals surface area contributed by atoms with E-state index in [1.165, 1.54) is 17.5 Å². The molecule has 5 rings (SSSR count). The highest BCUT2D eigenvalue weighted by Gasteiger charge is 2.18. The Kier molecular flexibility index (Phi) is 4.76. The fourth-order valence-corrected chi connectivity index (χ4v) is 4.63. The molecule has 1 aliphatic carbocycles. The molecule has 0 unspecified atom stereocenters. The number of H-pyrrole nitrogens is 1. The van der Waals surface area contributed by atoms with Crippen molar-refractivity contribution < 1.29 is 5.11 Å². The van der Waals surface area contributed by atoms with Crippen molar-refractivity contribution in [1.29, 1.82) is 0 Å². The SMILES string of the molecule is O=c1[nH]c2cc3c(cc2cc1CNc1ccc(N2CCC[C@@H](O)C2)cc1)CCC3. The van der Waals surface area contributed by atoms with Crippen molar-refractivity contribution >= 4 is 22.3 Å². The molecule has 1 aliphatic heterocycles. The van der Waals surface area contributed by atoms with Crippen molar-refractivity contribution in [2.45, 2.75) is 44.8 Å². The molecule has 5 nitrogen and oxygen atoms in total. The molecular formula is C24H27N3O2. The molecule has 0 saturated carbocycles. The van der Waals surface area contributed by atoms with Crippen LogP contribution in [0.3, 0.4) is 0 Å². The summed E-state index contributed by atoms with van der Waals surface area (Å²) < 4.78 is 0. The first-order chi connectivity index (χ1) is 14.2. The summed E-state index contributed by atoms with van der Waals surface area (Å²) in [6.07, 6.45) is 5.13. The fourth-order valence-electron chi connectivity index (χ4n) is 4.63. The van der Waals surface area contributed by atoms with E-state index >= 15 is 0 Å². The van der Waals surface area contributed by atoms with Crippen LogP contribution >= 0.6 is 0 Å². The van der Waals surface area contributed by atoms with Gasteiger partial charge in [0.2, 0.25) is 0 Å². The summed E-state index contributed by atoms with van der Waals surface area (Å²) in [5, 5.41) is 14.4. The summed E-state index contributed by atoms with van der Waals surface area (Å²) in [4.78, 5) is 17.8. The molecule has 1 fully saturated rings. The second kappa shape index (κ2) is 7.56. The summed E-state index contributed by atoms with van der Waals surface area (Å²) in [5.41, 5.74) is 6.57. The molecule has 150 valence electrons. The monoisotopic (exact) mass is 389 g/mol. The predicted molar refractivity (Wildman–Crippen MR) is 118 cm³/mol. The number of aromatic nitrogens is 1. The van der Waals surface area contributed by atoms with Crippen LogP contribution in [0, 0.1) is 0 Å². The summed E-state index contributed by atoms with van der Waals surface area (Å²) in [7, 11) is 0. The van der Waals surface area contributed by atoms with Gasteiger partial charge >= 0.3 is 0 Å². The van der Waals surface area contributed by atoms with Crippen LogP contribution in [0.25, 0.3) is 10.9 Å². The second-order valence-electron chi connectivity index (χ2n) is 8.33. The van der Waals surface area contributed by atoms with E-state index in [9.17, 15) is 9.90 Å². The highest BCUT2D eigenvalue weighted by Crippen LogP contribution is 2.26. The lowest BCUT2D eigenvalue weighted by Gasteiger charge is -2.32. The van der Waals surface area contributed by atoms with Gasteiger partial charge in [-0.3, -0.25) is 4.79 Å². The van der Waals surface area contributed by atoms with Gasteiger partial charge in [0.25, 0.3) is 5.56 Å². The molecule has 1 aromatic heterocycles. The number of hydrogen-bond donors (Lipinski definition) is 3. The maximum atomic E-state index is 12.5. The molecular weight excluding hydrogens is 362 g/mol. The average Bonchev–Trinajstić information content (AvgIpc) is 3.18. The number of rotatable bonds is 4. The summed E-state index contributed by atoms with van der Waals surface area (Å²) >= 11 is 0. The Morgan fingerprint density at radius 1 is 1.07 bits per heavy atom. The third-order valence-electron chi connectivity index (χ3n) is 6.25. The summed E-state index contributed by atoms with van der Waals surface area (Å²) in [6, 6.07) is 14.6. The van der Waals surface area contributed by atoms with E-state index in [0.29, 0.717) is 13.1 Å². The zero-order chi connectivity index (χ0) is 19.8. The lowest BCUT2D eigenvalue weighted by atomic mass is 10.0. The number of benzene rings is 2. The Balaban J connectivity index is 1.30. The highest BCUT2D eigenvalue weighted by molar-refractivity contribution is 5.81. The van der Waals surface area contributed by atoms with Gasteiger partial charge in [0, 0.05) is 42.1 Å². The van der Waals surface area contributed by atoms with Crippen LogP contribution in [0.5, 0.6) is 0 Å². The number of nitrogens with one attached hydrogen (secondary N) is 2. The van der Waals surface area contributed by atoms with Gasteiger partial charge in [0.05, 0.1) is 6.10 Å². The van der Waals surface area contributed by atoms with E-state index in [-0.39, 0.29) is 11.7 Å². The Bertz CT molecular complexity index is 1090. The van der Waals surface area contributed by atoms with Gasteiger partial charge < -0.3 is 20.3 Å². The van der Waals surface area contributed by atoms with Crippen LogP contribution in [-0.2, 0) is 19.4 Å². The smallest absolute Gasteiger partial charge is 0.253 e. The van der Waals surface area contributed by atoms with Crippen LogP contribution in [0.2, 0.25) is 0 Å². The number of piperidine rings is 1. The first-order valence-electron chi connectivity index (χ1n) is 10.6. The molecule has 3 aromatic rings. The van der Waals surface area contributed by atoms with E-state index in [1.54, 1.807) is 0 Å². The van der Waals surface area contributed by atoms with Gasteiger partial charge in [-0.05, 0) is 91.1 Å². The van der Waals surface area contributed by atoms with Crippen LogP contribution < -0.4 is 15.8 Å². The van der Waals surface area contributed by atoms with Gasteiger partial charge in [-0.1, -0.05) is 0 Å². The van der Waals surface area contributed by atoms with Crippen molar-refractivity contribution in [2.24, 2.45) is 0 Å². The number of aryl methyl sites for hydroxylation is 2. The van der Waals surface area contributed by atoms with Crippen molar-refractivity contribution in [3.05, 3.63) is 69.5 Å². The Morgan fingerprint density at radius 2 is 1.86 bits per heavy atom. The molecule has 29 heavy (non-hydrogen) atoms. The van der Waals surface area contributed by atoms with E-state index < -0.39 is 0 Å². The summed E-state index contributed by atoms with van der Waals surface area (Å²) in [5.74, 6) is 0. The van der Waals surface area contributed by atoms with E-state index in [1.807, 2.05) is 18.2 Å². The van der Waals surface area contributed by atoms with E-state index in [2.05, 4.69) is 39.5 Å². The number of aliphatic hydroxyl groups excluding tert-OH is 1. The van der Waals surface area contributed by atoms with Gasteiger partial charge in [-0.2, -0.15) is 0 Å². The van der Waals surface area contributed by atoms with Gasteiger partial charge in [0.1, 0.15) is 0 Å². The van der Waals surface area contributed by atoms with E-state index in [4.69, 9.17) is 0 Å². The van der Waals surface area contributed by atoms with Crippen molar-refractivity contribution in [2.75, 3.05) is 23.3 Å². The first kappa shape index (κ1) is 18.3. The topological polar surface area (TPSA) is 68.4 Å². The Labute approximate surface area is 170 Å². The Hall–Kier alpha value is -2.79. The molecule has 0 amide bonds. The number of nitrogens with zero attached hydrogens (tertiary/aromatic N) is 1. The fraction of sp³-hybridized carbons (Fsp3) is 0.375. The third-order valence-corrected chi connectivity index (χ3v) is 6.25. The molecule has 2 heterocycles. The number of pyridine rings is 1. The highest BCUT2D eigenvalue weighted by atomic mass is 16.3. The van der Waals surface area contributed by atoms with Gasteiger partial charge in [-0.25, -0.2) is 0 Å². The van der Waals surface area contributed by atoms with Crippen LogP contribution in [-0.4, -0.2) is 29.3 Å². The maximum Gasteiger partial charge on any atom is 0.253 e. The minimum absolute atomic E-state index is 0.0260.